The summed E-state index contributed by atoms with van der Waals surface area (Å²) < 4.78 is 0. The molecule has 3 nitrogen and oxygen atoms in total. The van der Waals surface area contributed by atoms with Gasteiger partial charge >= 0.3 is 0 Å². The second-order valence-electron chi connectivity index (χ2n) is 4.74. The first-order valence-electron chi connectivity index (χ1n) is 6.04. The third-order valence-electron chi connectivity index (χ3n) is 3.47. The van der Waals surface area contributed by atoms with Crippen LogP contribution in [0.15, 0.2) is 18.3 Å². The highest BCUT2D eigenvalue weighted by molar-refractivity contribution is 5.41. The highest BCUT2D eigenvalue weighted by Crippen LogP contribution is 2.35. The molecule has 0 radical (unpaired) electrons. The summed E-state index contributed by atoms with van der Waals surface area (Å²) in [6.45, 7) is 3.20. The first-order chi connectivity index (χ1) is 7.72. The van der Waals surface area contributed by atoms with Gasteiger partial charge in [0.05, 0.1) is 0 Å². The quantitative estimate of drug-likeness (QED) is 0.821. The number of rotatable bonds is 5. The van der Waals surface area contributed by atoms with Crippen LogP contribution in [0.5, 0.6) is 0 Å². The molecule has 0 bridgehead atoms. The van der Waals surface area contributed by atoms with E-state index < -0.39 is 0 Å². The molecule has 1 unspecified atom stereocenters. The van der Waals surface area contributed by atoms with Crippen molar-refractivity contribution in [3.8, 4) is 0 Å². The summed E-state index contributed by atoms with van der Waals surface area (Å²) in [5, 5.41) is 3.17. The van der Waals surface area contributed by atoms with Crippen LogP contribution >= 0.6 is 0 Å². The summed E-state index contributed by atoms with van der Waals surface area (Å²) in [5.41, 5.74) is 1.29. The Bertz CT molecular complexity index is 347. The molecule has 1 heterocycles. The summed E-state index contributed by atoms with van der Waals surface area (Å²) in [6.07, 6.45) is 4.65. The summed E-state index contributed by atoms with van der Waals surface area (Å²) in [7, 11) is 4.12. The van der Waals surface area contributed by atoms with Gasteiger partial charge in [0, 0.05) is 25.8 Å². The molecular weight excluding hydrogens is 198 g/mol. The largest absolute Gasteiger partial charge is 0.357 e. The highest BCUT2D eigenvalue weighted by Gasteiger charge is 2.30. The van der Waals surface area contributed by atoms with Crippen molar-refractivity contribution < 1.29 is 0 Å². The molecule has 0 aromatic carbocycles. The van der Waals surface area contributed by atoms with Gasteiger partial charge in [0.2, 0.25) is 0 Å². The van der Waals surface area contributed by atoms with Gasteiger partial charge in [-0.05, 0) is 50.4 Å². The first kappa shape index (κ1) is 11.4. The van der Waals surface area contributed by atoms with E-state index in [9.17, 15) is 0 Å². The molecule has 0 saturated heterocycles. The zero-order valence-electron chi connectivity index (χ0n) is 10.4. The van der Waals surface area contributed by atoms with E-state index in [0.717, 1.165) is 18.3 Å². The summed E-state index contributed by atoms with van der Waals surface area (Å²) in [5.74, 6) is 1.96. The number of nitrogens with zero attached hydrogens (tertiary/aromatic N) is 2. The van der Waals surface area contributed by atoms with E-state index in [2.05, 4.69) is 41.3 Å². The number of pyridine rings is 1. The molecule has 1 aliphatic carbocycles. The van der Waals surface area contributed by atoms with Gasteiger partial charge in [-0.1, -0.05) is 0 Å². The average molecular weight is 219 g/mol. The minimum absolute atomic E-state index is 0.609. The molecule has 0 spiro atoms. The van der Waals surface area contributed by atoms with E-state index in [1.807, 2.05) is 13.2 Å². The van der Waals surface area contributed by atoms with Crippen molar-refractivity contribution in [3.63, 3.8) is 0 Å². The Hall–Kier alpha value is -1.09. The van der Waals surface area contributed by atoms with Crippen LogP contribution in [0, 0.1) is 5.92 Å². The molecule has 0 amide bonds. The van der Waals surface area contributed by atoms with Crippen molar-refractivity contribution in [1.29, 1.82) is 0 Å². The van der Waals surface area contributed by atoms with Gasteiger partial charge in [-0.3, -0.25) is 0 Å². The molecule has 1 saturated carbocycles. The molecule has 88 valence electrons. The molecule has 2 rings (SSSR count). The second kappa shape index (κ2) is 4.83. The Labute approximate surface area is 97.9 Å². The van der Waals surface area contributed by atoms with Crippen molar-refractivity contribution in [1.82, 2.24) is 10.3 Å². The Kier molecular flexibility index (Phi) is 3.44. The van der Waals surface area contributed by atoms with Crippen LogP contribution in [-0.2, 0) is 6.54 Å². The molecular formula is C13H21N3. The van der Waals surface area contributed by atoms with Crippen LogP contribution in [0.25, 0.3) is 0 Å². The van der Waals surface area contributed by atoms with Gasteiger partial charge in [0.15, 0.2) is 0 Å². The van der Waals surface area contributed by atoms with E-state index >= 15 is 0 Å². The monoisotopic (exact) mass is 219 g/mol. The van der Waals surface area contributed by atoms with Gasteiger partial charge in [-0.15, -0.1) is 0 Å². The van der Waals surface area contributed by atoms with Gasteiger partial charge in [0.1, 0.15) is 5.82 Å². The lowest BCUT2D eigenvalue weighted by molar-refractivity contribution is 0.603. The topological polar surface area (TPSA) is 28.2 Å². The van der Waals surface area contributed by atoms with Crippen molar-refractivity contribution in [2.75, 3.05) is 19.0 Å². The van der Waals surface area contributed by atoms with E-state index in [4.69, 9.17) is 0 Å². The van der Waals surface area contributed by atoms with Crippen molar-refractivity contribution >= 4 is 5.82 Å². The van der Waals surface area contributed by atoms with Crippen molar-refractivity contribution in [2.24, 2.45) is 5.92 Å². The van der Waals surface area contributed by atoms with E-state index in [1.54, 1.807) is 0 Å². The Morgan fingerprint density at radius 1 is 1.56 bits per heavy atom. The molecule has 1 N–H and O–H groups in total. The van der Waals surface area contributed by atoms with E-state index in [1.165, 1.54) is 18.4 Å². The van der Waals surface area contributed by atoms with Crippen LogP contribution in [0.2, 0.25) is 0 Å². The first-order valence-corrected chi connectivity index (χ1v) is 6.04. The standard InChI is InChI=1S/C13H21N3/c1-10(12-4-5-12)16(3)13-8-11(9-14-2)6-7-15-13/h6-8,10,12,14H,4-5,9H2,1-3H3. The fraction of sp³-hybridized carbons (Fsp3) is 0.615. The van der Waals surface area contributed by atoms with E-state index in [-0.39, 0.29) is 0 Å². The average Bonchev–Trinajstić information content (AvgIpc) is 3.12. The molecule has 3 heteroatoms. The maximum atomic E-state index is 4.45. The normalized spacial score (nSPS) is 17.2. The Morgan fingerprint density at radius 3 is 2.94 bits per heavy atom. The number of anilines is 1. The minimum atomic E-state index is 0.609. The van der Waals surface area contributed by atoms with Crippen molar-refractivity contribution in [3.05, 3.63) is 23.9 Å². The molecule has 0 aliphatic heterocycles. The molecule has 1 aliphatic rings. The lowest BCUT2D eigenvalue weighted by atomic mass is 10.2. The molecule has 1 aromatic rings. The zero-order valence-corrected chi connectivity index (χ0v) is 10.4. The van der Waals surface area contributed by atoms with Crippen LogP contribution in [-0.4, -0.2) is 25.1 Å². The van der Waals surface area contributed by atoms with Crippen LogP contribution < -0.4 is 10.2 Å². The van der Waals surface area contributed by atoms with E-state index in [0.29, 0.717) is 6.04 Å². The predicted octanol–water partition coefficient (Wildman–Crippen LogP) is 2.04. The van der Waals surface area contributed by atoms with Gasteiger partial charge in [0.25, 0.3) is 0 Å². The zero-order chi connectivity index (χ0) is 11.5. The van der Waals surface area contributed by atoms with Crippen LogP contribution in [0.1, 0.15) is 25.3 Å². The number of nitrogens with one attached hydrogen (secondary N) is 1. The lowest BCUT2D eigenvalue weighted by Gasteiger charge is -2.26. The van der Waals surface area contributed by atoms with Crippen molar-refractivity contribution in [2.45, 2.75) is 32.4 Å². The van der Waals surface area contributed by atoms with Crippen LogP contribution in [0.4, 0.5) is 5.82 Å². The minimum Gasteiger partial charge on any atom is -0.357 e. The van der Waals surface area contributed by atoms with Gasteiger partial charge in [-0.2, -0.15) is 0 Å². The maximum absolute atomic E-state index is 4.45. The summed E-state index contributed by atoms with van der Waals surface area (Å²) in [4.78, 5) is 6.75. The Morgan fingerprint density at radius 2 is 2.31 bits per heavy atom. The Balaban J connectivity index is 2.09. The summed E-state index contributed by atoms with van der Waals surface area (Å²) >= 11 is 0. The third-order valence-corrected chi connectivity index (χ3v) is 3.47. The fourth-order valence-corrected chi connectivity index (χ4v) is 2.07. The third kappa shape index (κ3) is 2.53. The van der Waals surface area contributed by atoms with Gasteiger partial charge in [-0.25, -0.2) is 4.98 Å². The summed E-state index contributed by atoms with van der Waals surface area (Å²) in [6, 6.07) is 4.85. The van der Waals surface area contributed by atoms with Crippen LogP contribution in [0.3, 0.4) is 0 Å². The molecule has 1 aromatic heterocycles. The highest BCUT2D eigenvalue weighted by atomic mass is 15.2. The molecule has 1 fully saturated rings. The smallest absolute Gasteiger partial charge is 0.128 e. The van der Waals surface area contributed by atoms with Gasteiger partial charge < -0.3 is 10.2 Å². The fourth-order valence-electron chi connectivity index (χ4n) is 2.07. The second-order valence-corrected chi connectivity index (χ2v) is 4.74. The number of aromatic nitrogens is 1. The molecule has 16 heavy (non-hydrogen) atoms. The lowest BCUT2D eigenvalue weighted by Crippen LogP contribution is -2.31. The SMILES string of the molecule is CNCc1ccnc(N(C)C(C)C2CC2)c1. The maximum Gasteiger partial charge on any atom is 0.128 e. The predicted molar refractivity (Wildman–Crippen MR) is 67.6 cm³/mol. The molecule has 1 atom stereocenters. The number of hydrogen-bond acceptors (Lipinski definition) is 3. The number of hydrogen-bond donors (Lipinski definition) is 1.